The van der Waals surface area contributed by atoms with Crippen LogP contribution in [0.1, 0.15) is 165 Å². The average Bonchev–Trinajstić information content (AvgIpc) is 1.38. The van der Waals surface area contributed by atoms with E-state index in [1.807, 2.05) is 44.9 Å². The van der Waals surface area contributed by atoms with Gasteiger partial charge in [-0.3, -0.25) is 24.2 Å². The normalized spacial score (nSPS) is 19.2. The highest BCUT2D eigenvalue weighted by Crippen LogP contribution is 2.50. The van der Waals surface area contributed by atoms with Gasteiger partial charge in [-0.15, -0.1) is 0 Å². The van der Waals surface area contributed by atoms with Gasteiger partial charge >= 0.3 is 18.5 Å². The monoisotopic (exact) mass is 1380 g/mol. The molecule has 536 valence electrons. The number of benzene rings is 3. The van der Waals surface area contributed by atoms with Crippen molar-refractivity contribution in [2.45, 2.75) is 165 Å². The lowest BCUT2D eigenvalue weighted by atomic mass is 9.77. The van der Waals surface area contributed by atoms with Gasteiger partial charge in [0.25, 0.3) is 17.7 Å². The number of aromatic hydroxyl groups is 1. The van der Waals surface area contributed by atoms with Gasteiger partial charge in [0, 0.05) is 121 Å². The van der Waals surface area contributed by atoms with Crippen LogP contribution >= 0.6 is 0 Å². The van der Waals surface area contributed by atoms with Crippen LogP contribution in [0.4, 0.5) is 39.5 Å². The Balaban J connectivity index is 0.000000174. The van der Waals surface area contributed by atoms with E-state index in [-0.39, 0.29) is 44.7 Å². The van der Waals surface area contributed by atoms with Crippen LogP contribution in [0.25, 0.3) is 0 Å². The molecule has 3 saturated heterocycles. The minimum Gasteiger partial charge on any atom is -0.504 e. The van der Waals surface area contributed by atoms with Crippen LogP contribution in [-0.4, -0.2) is 160 Å². The number of unbranched alkanes of at least 4 members (excludes halogenated alkanes) is 1. The van der Waals surface area contributed by atoms with Crippen molar-refractivity contribution in [2.24, 2.45) is 0 Å². The number of nitrogens with one attached hydrogen (secondary N) is 1. The molecule has 9 heterocycles. The van der Waals surface area contributed by atoms with Crippen molar-refractivity contribution in [3.05, 3.63) is 147 Å². The average molecular weight is 1380 g/mol. The molecule has 7 aliphatic rings. The summed E-state index contributed by atoms with van der Waals surface area (Å²) in [5.41, 5.74) is 1.25. The van der Waals surface area contributed by atoms with Gasteiger partial charge in [-0.2, -0.15) is 39.5 Å². The standard InChI is InChI=1S/C27H34F3N3O2.C25H32F3N3O3.C20H22F3N3O3.2H2/c1-18(2)35-22-8-7-20(17-19(22)3)25(34)31-13-11-26(12-14-31)23-9-10-24(27(28,29)30)32(23)15-16-33(26)21-5-4-6-21;1-4-5-16-34-20-17-18(6-7-19(20)33-3)23(32)30-12-10-24(11-13-30)21-8-9-22(25(26,27)28)31(21)15-14-29(24)2;1-29-15-12-13(2-3-14(15)27)18(28)25-9-6-19(7-10-25)16-4-5-17(20(21,22)23)26(16)11-8-24-19;;/h7-10,17-18,21H,4-6,11-16H2,1-3H3;6-9,17H,4-5,10-16H2,1-3H3;2-5,12,24,27H,6-11H2,1H3;2*1H. The highest BCUT2D eigenvalue weighted by atomic mass is 19.4. The number of rotatable bonds is 12. The second-order valence-electron chi connectivity index (χ2n) is 27.0. The number of phenolic OH excluding ortho intramolecular Hbond substituents is 1. The molecule has 1 aliphatic carbocycles. The summed E-state index contributed by atoms with van der Waals surface area (Å²) >= 11 is 0. The molecule has 0 bridgehead atoms. The summed E-state index contributed by atoms with van der Waals surface area (Å²) in [4.78, 5) is 49.4. The molecule has 6 aliphatic heterocycles. The highest BCUT2D eigenvalue weighted by molar-refractivity contribution is 5.96. The van der Waals surface area contributed by atoms with Crippen molar-refractivity contribution < 1.29 is 80.8 Å². The SMILES string of the molecule is CCCCOc1cc(C(=O)N2CCC3(CC2)c2ccc(C(F)(F)F)n2CCN3C)ccc1OC.COc1cc(C(=O)N2CCC3(CC2)NCCn2c(C(F)(F)F)ccc23)ccc1O.Cc1cc(C(=O)N2CCC3(CC2)c2ccc(C(F)(F)F)n2CCN3C2CCC2)ccc1OC(C)C.[HH].[HH]. The third-order valence-corrected chi connectivity index (χ3v) is 21.1. The molecule has 98 heavy (non-hydrogen) atoms. The van der Waals surface area contributed by atoms with E-state index in [9.17, 15) is 59.0 Å². The Bertz CT molecular complexity index is 3840. The lowest BCUT2D eigenvalue weighted by Crippen LogP contribution is -2.62. The molecule has 6 aromatic rings. The largest absolute Gasteiger partial charge is 0.504 e. The molecule has 3 aromatic carbocycles. The van der Waals surface area contributed by atoms with E-state index in [0.29, 0.717) is 163 Å². The zero-order valence-corrected chi connectivity index (χ0v) is 56.6. The van der Waals surface area contributed by atoms with Gasteiger partial charge in [0.15, 0.2) is 23.0 Å². The molecule has 2 N–H and O–H groups in total. The van der Waals surface area contributed by atoms with Gasteiger partial charge in [-0.25, -0.2) is 0 Å². The zero-order valence-electron chi connectivity index (χ0n) is 56.6. The molecule has 3 amide bonds. The van der Waals surface area contributed by atoms with E-state index >= 15 is 0 Å². The number of phenols is 1. The molecule has 1 saturated carbocycles. The summed E-state index contributed by atoms with van der Waals surface area (Å²) in [5.74, 6) is 1.73. The maximum atomic E-state index is 13.7. The Hall–Kier alpha value is -7.84. The van der Waals surface area contributed by atoms with Crippen molar-refractivity contribution in [3.8, 4) is 28.7 Å². The fourth-order valence-corrected chi connectivity index (χ4v) is 15.7. The first kappa shape index (κ1) is 71.4. The predicted molar refractivity (Wildman–Crippen MR) is 353 cm³/mol. The van der Waals surface area contributed by atoms with Crippen LogP contribution in [-0.2, 0) is 54.8 Å². The molecule has 13 rings (SSSR count). The molecule has 3 spiro atoms. The molecule has 4 fully saturated rings. The lowest BCUT2D eigenvalue weighted by molar-refractivity contribution is -0.146. The second kappa shape index (κ2) is 28.4. The minimum absolute atomic E-state index is 0. The van der Waals surface area contributed by atoms with E-state index in [0.717, 1.165) is 48.8 Å². The number of hydrogen-bond acceptors (Lipinski definition) is 11. The molecule has 3 aromatic heterocycles. The van der Waals surface area contributed by atoms with Gasteiger partial charge in [-0.1, -0.05) is 19.8 Å². The molecular formula is C72H92F9N9O8. The van der Waals surface area contributed by atoms with E-state index in [1.165, 1.54) is 57.6 Å². The van der Waals surface area contributed by atoms with Crippen LogP contribution in [0.2, 0.25) is 0 Å². The van der Waals surface area contributed by atoms with Crippen LogP contribution in [0, 0.1) is 6.92 Å². The Morgan fingerprint density at radius 2 is 1.02 bits per heavy atom. The smallest absolute Gasteiger partial charge is 0.431 e. The summed E-state index contributed by atoms with van der Waals surface area (Å²) in [6.45, 7) is 13.9. The number of likely N-dealkylation sites (tertiary alicyclic amines) is 3. The van der Waals surface area contributed by atoms with E-state index in [2.05, 4.69) is 22.0 Å². The number of hydrogen-bond donors (Lipinski definition) is 2. The summed E-state index contributed by atoms with van der Waals surface area (Å²) in [5, 5.41) is 13.1. The molecule has 17 nitrogen and oxygen atoms in total. The number of alkyl halides is 9. The topological polar surface area (TPSA) is 151 Å². The van der Waals surface area contributed by atoms with Gasteiger partial charge in [-0.05, 0) is 182 Å². The van der Waals surface area contributed by atoms with Gasteiger partial charge < -0.3 is 57.8 Å². The van der Waals surface area contributed by atoms with E-state index in [1.54, 1.807) is 59.4 Å². The number of piperidine rings is 3. The number of likely N-dealkylation sites (N-methyl/N-ethyl adjacent to an activating group) is 1. The Labute approximate surface area is 568 Å². The number of carbonyl (C=O) groups is 3. The lowest BCUT2D eigenvalue weighted by Gasteiger charge is -2.56. The number of methoxy groups -OCH3 is 2. The number of halogens is 9. The third kappa shape index (κ3) is 14.1. The van der Waals surface area contributed by atoms with Gasteiger partial charge in [0.1, 0.15) is 22.8 Å². The van der Waals surface area contributed by atoms with Crippen LogP contribution in [0.15, 0.2) is 91.0 Å². The highest BCUT2D eigenvalue weighted by Gasteiger charge is 2.53. The number of fused-ring (bicyclic) bond motifs is 6. The van der Waals surface area contributed by atoms with E-state index < -0.39 is 52.2 Å². The summed E-state index contributed by atoms with van der Waals surface area (Å²) < 4.78 is 148. The maximum Gasteiger partial charge on any atom is 0.431 e. The molecule has 0 radical (unpaired) electrons. The number of amides is 3. The number of nitrogens with zero attached hydrogens (tertiary/aromatic N) is 8. The minimum atomic E-state index is -4.38. The molecule has 0 unspecified atom stereocenters. The molecular weight excluding hydrogens is 1290 g/mol. The number of ether oxygens (including phenoxy) is 4. The summed E-state index contributed by atoms with van der Waals surface area (Å²) in [7, 11) is 4.94. The number of aromatic nitrogens is 3. The fraction of sp³-hybridized carbons (Fsp3) is 0.542. The van der Waals surface area contributed by atoms with Crippen LogP contribution < -0.4 is 24.3 Å². The van der Waals surface area contributed by atoms with Crippen molar-refractivity contribution in [2.75, 3.05) is 86.8 Å². The first-order valence-corrected chi connectivity index (χ1v) is 33.9. The first-order valence-electron chi connectivity index (χ1n) is 33.9. The van der Waals surface area contributed by atoms with Crippen molar-refractivity contribution >= 4 is 17.7 Å². The Morgan fingerprint density at radius 1 is 0.561 bits per heavy atom. The quantitative estimate of drug-likeness (QED) is 0.0890. The van der Waals surface area contributed by atoms with Gasteiger partial charge in [0.2, 0.25) is 0 Å². The number of aryl methyl sites for hydroxylation is 1. The summed E-state index contributed by atoms with van der Waals surface area (Å²) in [6.07, 6.45) is -4.31. The molecule has 0 atom stereocenters. The Kier molecular flexibility index (Phi) is 20.7. The zero-order chi connectivity index (χ0) is 70.3. The van der Waals surface area contributed by atoms with Crippen molar-refractivity contribution in [1.82, 2.24) is 43.5 Å². The van der Waals surface area contributed by atoms with Crippen LogP contribution in [0.3, 0.4) is 0 Å². The number of carbonyl (C=O) groups excluding carboxylic acids is 3. The van der Waals surface area contributed by atoms with Crippen molar-refractivity contribution in [3.63, 3.8) is 0 Å². The maximum absolute atomic E-state index is 13.7. The fourth-order valence-electron chi connectivity index (χ4n) is 15.7. The Morgan fingerprint density at radius 3 is 1.51 bits per heavy atom. The summed E-state index contributed by atoms with van der Waals surface area (Å²) in [6, 6.07) is 24.0. The van der Waals surface area contributed by atoms with Crippen LogP contribution in [0.5, 0.6) is 28.7 Å². The third-order valence-electron chi connectivity index (χ3n) is 21.1. The van der Waals surface area contributed by atoms with E-state index in [4.69, 9.17) is 18.9 Å². The molecule has 26 heteroatoms. The second-order valence-corrected chi connectivity index (χ2v) is 27.0. The van der Waals surface area contributed by atoms with Gasteiger partial charge in [0.05, 0.1) is 43.5 Å². The van der Waals surface area contributed by atoms with Crippen molar-refractivity contribution in [1.29, 1.82) is 0 Å². The first-order chi connectivity index (χ1) is 46.6. The predicted octanol–water partition coefficient (Wildman–Crippen LogP) is 13.8.